The molecule has 5 heteroatoms. The molecular formula is C15H24N2O2S. The lowest BCUT2D eigenvalue weighted by molar-refractivity contribution is 0.206. The first-order valence-corrected chi connectivity index (χ1v) is 8.51. The Labute approximate surface area is 122 Å². The number of rotatable bonds is 3. The zero-order valence-electron chi connectivity index (χ0n) is 12.7. The van der Waals surface area contributed by atoms with E-state index >= 15 is 0 Å². The van der Waals surface area contributed by atoms with E-state index in [4.69, 9.17) is 0 Å². The highest BCUT2D eigenvalue weighted by Gasteiger charge is 2.35. The quantitative estimate of drug-likeness (QED) is 0.896. The molecule has 0 aromatic heterocycles. The Bertz CT molecular complexity index is 594. The standard InChI is InChI=1S/C15H24N2O2S/c1-11-5-6-12(2)13(9-11)20(18,19)17-14-7-8-16-10-15(14,3)4/h5-6,9,14,16-17H,7-8,10H2,1-4H3. The number of sulfonamides is 1. The van der Waals surface area contributed by atoms with Gasteiger partial charge in [0.1, 0.15) is 0 Å². The van der Waals surface area contributed by atoms with Crippen LogP contribution in [0.5, 0.6) is 0 Å². The van der Waals surface area contributed by atoms with Crippen LogP contribution in [0.2, 0.25) is 0 Å². The molecule has 0 amide bonds. The zero-order valence-corrected chi connectivity index (χ0v) is 13.5. The van der Waals surface area contributed by atoms with Gasteiger partial charge in [0, 0.05) is 12.6 Å². The van der Waals surface area contributed by atoms with E-state index < -0.39 is 10.0 Å². The normalized spacial score (nSPS) is 22.7. The average Bonchev–Trinajstić information content (AvgIpc) is 2.34. The Hall–Kier alpha value is -0.910. The second-order valence-corrected chi connectivity index (χ2v) is 8.08. The molecule has 1 aliphatic heterocycles. The van der Waals surface area contributed by atoms with Crippen molar-refractivity contribution in [2.24, 2.45) is 5.41 Å². The highest BCUT2D eigenvalue weighted by molar-refractivity contribution is 7.89. The van der Waals surface area contributed by atoms with Crippen LogP contribution in [0.4, 0.5) is 0 Å². The monoisotopic (exact) mass is 296 g/mol. The minimum atomic E-state index is -3.46. The minimum absolute atomic E-state index is 0.0336. The van der Waals surface area contributed by atoms with Gasteiger partial charge in [0.2, 0.25) is 10.0 Å². The molecule has 2 rings (SSSR count). The van der Waals surface area contributed by atoms with Crippen LogP contribution in [0.15, 0.2) is 23.1 Å². The highest BCUT2D eigenvalue weighted by atomic mass is 32.2. The highest BCUT2D eigenvalue weighted by Crippen LogP contribution is 2.27. The summed E-state index contributed by atoms with van der Waals surface area (Å²) in [5.74, 6) is 0. The van der Waals surface area contributed by atoms with E-state index in [1.54, 1.807) is 6.07 Å². The summed E-state index contributed by atoms with van der Waals surface area (Å²) in [7, 11) is -3.46. The van der Waals surface area contributed by atoms with E-state index in [2.05, 4.69) is 23.9 Å². The van der Waals surface area contributed by atoms with Crippen LogP contribution >= 0.6 is 0 Å². The molecule has 0 bridgehead atoms. The van der Waals surface area contributed by atoms with Gasteiger partial charge in [0.05, 0.1) is 4.90 Å². The molecule has 1 aromatic carbocycles. The van der Waals surface area contributed by atoms with Gasteiger partial charge in [0.25, 0.3) is 0 Å². The van der Waals surface area contributed by atoms with E-state index in [-0.39, 0.29) is 11.5 Å². The Kier molecular flexibility index (Phi) is 4.23. The molecule has 1 aliphatic rings. The molecule has 4 nitrogen and oxygen atoms in total. The summed E-state index contributed by atoms with van der Waals surface area (Å²) in [6.45, 7) is 9.61. The summed E-state index contributed by atoms with van der Waals surface area (Å²) in [6.07, 6.45) is 0.817. The summed E-state index contributed by atoms with van der Waals surface area (Å²) >= 11 is 0. The van der Waals surface area contributed by atoms with Gasteiger partial charge in [0.15, 0.2) is 0 Å². The van der Waals surface area contributed by atoms with Crippen molar-refractivity contribution in [2.75, 3.05) is 13.1 Å². The van der Waals surface area contributed by atoms with Crippen LogP contribution in [-0.2, 0) is 10.0 Å². The summed E-state index contributed by atoms with van der Waals surface area (Å²) in [4.78, 5) is 0.395. The Morgan fingerprint density at radius 1 is 1.30 bits per heavy atom. The first kappa shape index (κ1) is 15.5. The second kappa shape index (κ2) is 5.47. The number of piperidine rings is 1. The van der Waals surface area contributed by atoms with Crippen molar-refractivity contribution in [1.29, 1.82) is 0 Å². The lowest BCUT2D eigenvalue weighted by Gasteiger charge is -2.39. The first-order valence-electron chi connectivity index (χ1n) is 7.03. The molecule has 1 atom stereocenters. The second-order valence-electron chi connectivity index (χ2n) is 6.40. The van der Waals surface area contributed by atoms with E-state index in [1.807, 2.05) is 26.0 Å². The van der Waals surface area contributed by atoms with Crippen LogP contribution in [0.3, 0.4) is 0 Å². The fraction of sp³-hybridized carbons (Fsp3) is 0.600. The van der Waals surface area contributed by atoms with Crippen molar-refractivity contribution in [2.45, 2.75) is 45.1 Å². The lowest BCUT2D eigenvalue weighted by atomic mass is 9.81. The van der Waals surface area contributed by atoms with Gasteiger partial charge < -0.3 is 5.32 Å². The fourth-order valence-corrected chi connectivity index (χ4v) is 4.41. The predicted molar refractivity (Wildman–Crippen MR) is 81.3 cm³/mol. The number of aryl methyl sites for hydroxylation is 2. The van der Waals surface area contributed by atoms with Crippen molar-refractivity contribution >= 4 is 10.0 Å². The Morgan fingerprint density at radius 2 is 2.00 bits per heavy atom. The predicted octanol–water partition coefficient (Wildman–Crippen LogP) is 1.97. The molecule has 1 unspecified atom stereocenters. The summed E-state index contributed by atoms with van der Waals surface area (Å²) in [5, 5.41) is 3.32. The Morgan fingerprint density at radius 3 is 2.65 bits per heavy atom. The molecule has 1 aromatic rings. The maximum absolute atomic E-state index is 12.6. The van der Waals surface area contributed by atoms with E-state index in [1.165, 1.54) is 0 Å². The van der Waals surface area contributed by atoms with Gasteiger partial charge >= 0.3 is 0 Å². The number of hydrogen-bond donors (Lipinski definition) is 2. The van der Waals surface area contributed by atoms with Crippen molar-refractivity contribution < 1.29 is 8.42 Å². The molecule has 0 aliphatic carbocycles. The third kappa shape index (κ3) is 3.22. The number of benzene rings is 1. The van der Waals surface area contributed by atoms with Crippen LogP contribution in [0, 0.1) is 19.3 Å². The average molecular weight is 296 g/mol. The summed E-state index contributed by atoms with van der Waals surface area (Å²) in [5.41, 5.74) is 1.67. The molecule has 0 radical (unpaired) electrons. The molecule has 0 spiro atoms. The van der Waals surface area contributed by atoms with Crippen molar-refractivity contribution in [1.82, 2.24) is 10.0 Å². The number of hydrogen-bond acceptors (Lipinski definition) is 3. The van der Waals surface area contributed by atoms with Crippen LogP contribution in [0.1, 0.15) is 31.4 Å². The number of nitrogens with one attached hydrogen (secondary N) is 2. The lowest BCUT2D eigenvalue weighted by Crippen LogP contribution is -2.54. The largest absolute Gasteiger partial charge is 0.316 e. The van der Waals surface area contributed by atoms with Crippen molar-refractivity contribution in [3.63, 3.8) is 0 Å². The van der Waals surface area contributed by atoms with Gasteiger partial charge in [-0.2, -0.15) is 0 Å². The molecule has 0 saturated carbocycles. The van der Waals surface area contributed by atoms with Crippen LogP contribution in [-0.4, -0.2) is 27.5 Å². The van der Waals surface area contributed by atoms with Crippen molar-refractivity contribution in [3.8, 4) is 0 Å². The van der Waals surface area contributed by atoms with Gasteiger partial charge in [-0.25, -0.2) is 13.1 Å². The van der Waals surface area contributed by atoms with Gasteiger partial charge in [-0.05, 0) is 49.4 Å². The molecule has 20 heavy (non-hydrogen) atoms. The maximum atomic E-state index is 12.6. The topological polar surface area (TPSA) is 58.2 Å². The van der Waals surface area contributed by atoms with Crippen LogP contribution < -0.4 is 10.0 Å². The smallest absolute Gasteiger partial charge is 0.241 e. The molecule has 2 N–H and O–H groups in total. The summed E-state index contributed by atoms with van der Waals surface area (Å²) < 4.78 is 28.2. The fourth-order valence-electron chi connectivity index (χ4n) is 2.64. The third-order valence-corrected chi connectivity index (χ3v) is 5.68. The Balaban J connectivity index is 2.29. The first-order chi connectivity index (χ1) is 9.22. The molecule has 1 fully saturated rings. The molecule has 1 saturated heterocycles. The van der Waals surface area contributed by atoms with Crippen molar-refractivity contribution in [3.05, 3.63) is 29.3 Å². The van der Waals surface area contributed by atoms with E-state index in [0.717, 1.165) is 30.6 Å². The SMILES string of the molecule is Cc1ccc(C)c(S(=O)(=O)NC2CCNCC2(C)C)c1. The zero-order chi connectivity index (χ0) is 15.0. The van der Waals surface area contributed by atoms with Gasteiger partial charge in [-0.1, -0.05) is 26.0 Å². The molecule has 1 heterocycles. The molecule has 112 valence electrons. The third-order valence-electron chi connectivity index (χ3n) is 4.06. The summed E-state index contributed by atoms with van der Waals surface area (Å²) in [6, 6.07) is 5.50. The van der Waals surface area contributed by atoms with Gasteiger partial charge in [-0.3, -0.25) is 0 Å². The maximum Gasteiger partial charge on any atom is 0.241 e. The van der Waals surface area contributed by atoms with Crippen LogP contribution in [0.25, 0.3) is 0 Å². The van der Waals surface area contributed by atoms with E-state index in [0.29, 0.717) is 4.90 Å². The van der Waals surface area contributed by atoms with Gasteiger partial charge in [-0.15, -0.1) is 0 Å². The minimum Gasteiger partial charge on any atom is -0.316 e. The molecular weight excluding hydrogens is 272 g/mol. The van der Waals surface area contributed by atoms with E-state index in [9.17, 15) is 8.42 Å².